The molecule has 1 aromatic carbocycles. The van der Waals surface area contributed by atoms with E-state index in [4.69, 9.17) is 4.74 Å². The summed E-state index contributed by atoms with van der Waals surface area (Å²) in [6.45, 7) is 5.32. The fourth-order valence-electron chi connectivity index (χ4n) is 1.83. The van der Waals surface area contributed by atoms with Gasteiger partial charge in [-0.3, -0.25) is 0 Å². The lowest BCUT2D eigenvalue weighted by Gasteiger charge is -2.26. The third-order valence-electron chi connectivity index (χ3n) is 2.95. The van der Waals surface area contributed by atoms with Crippen molar-refractivity contribution in [2.75, 3.05) is 11.9 Å². The second-order valence-corrected chi connectivity index (χ2v) is 6.23. The molecule has 1 nitrogen and oxygen atoms in total. The van der Waals surface area contributed by atoms with Crippen molar-refractivity contribution in [3.8, 4) is 5.75 Å². The van der Waals surface area contributed by atoms with Crippen LogP contribution >= 0.6 is 31.9 Å². The fourth-order valence-corrected chi connectivity index (χ4v) is 2.77. The lowest BCUT2D eigenvalue weighted by molar-refractivity contribution is 0.221. The van der Waals surface area contributed by atoms with E-state index in [0.29, 0.717) is 5.41 Å². The van der Waals surface area contributed by atoms with E-state index in [2.05, 4.69) is 45.7 Å². The van der Waals surface area contributed by atoms with Gasteiger partial charge in [0, 0.05) is 9.80 Å². The van der Waals surface area contributed by atoms with Gasteiger partial charge in [0.15, 0.2) is 0 Å². The van der Waals surface area contributed by atoms with Crippen molar-refractivity contribution < 1.29 is 4.74 Å². The molecule has 0 aliphatic heterocycles. The molecule has 17 heavy (non-hydrogen) atoms. The van der Waals surface area contributed by atoms with Crippen LogP contribution in [0.5, 0.6) is 5.75 Å². The molecule has 96 valence electrons. The topological polar surface area (TPSA) is 9.23 Å². The molecule has 1 atom stereocenters. The van der Waals surface area contributed by atoms with Crippen molar-refractivity contribution in [3.63, 3.8) is 0 Å². The number of rotatable bonds is 7. The Labute approximate surface area is 121 Å². The lowest BCUT2D eigenvalue weighted by atomic mass is 9.85. The summed E-state index contributed by atoms with van der Waals surface area (Å²) in [4.78, 5) is 0. The van der Waals surface area contributed by atoms with Crippen molar-refractivity contribution in [2.24, 2.45) is 5.41 Å². The maximum atomic E-state index is 5.78. The number of alkyl halides is 1. The summed E-state index contributed by atoms with van der Waals surface area (Å²) in [5.74, 6) is 0.938. The molecule has 0 saturated carbocycles. The van der Waals surface area contributed by atoms with Gasteiger partial charge in [0.1, 0.15) is 5.75 Å². The first-order valence-corrected chi connectivity index (χ1v) is 7.95. The van der Waals surface area contributed by atoms with E-state index in [1.54, 1.807) is 0 Å². The second kappa shape index (κ2) is 7.42. The van der Waals surface area contributed by atoms with E-state index in [1.807, 2.05) is 24.3 Å². The van der Waals surface area contributed by atoms with Crippen LogP contribution in [0.25, 0.3) is 0 Å². The minimum atomic E-state index is 0.348. The molecule has 1 aromatic rings. The molecule has 1 rings (SSSR count). The Kier molecular flexibility index (Phi) is 6.57. The van der Waals surface area contributed by atoms with Crippen LogP contribution in [0.1, 0.15) is 33.1 Å². The van der Waals surface area contributed by atoms with Crippen molar-refractivity contribution >= 4 is 31.9 Å². The molecule has 0 radical (unpaired) electrons. The first-order chi connectivity index (χ1) is 8.09. The summed E-state index contributed by atoms with van der Waals surface area (Å²) in [7, 11) is 0. The molecular weight excluding hydrogens is 344 g/mol. The van der Waals surface area contributed by atoms with Crippen LogP contribution in [0.3, 0.4) is 0 Å². The van der Waals surface area contributed by atoms with Gasteiger partial charge in [-0.25, -0.2) is 0 Å². The monoisotopic (exact) mass is 362 g/mol. The molecule has 0 saturated heterocycles. The molecule has 3 heteroatoms. The van der Waals surface area contributed by atoms with Crippen LogP contribution in [0.2, 0.25) is 0 Å². The number of benzene rings is 1. The van der Waals surface area contributed by atoms with E-state index in [-0.39, 0.29) is 0 Å². The van der Waals surface area contributed by atoms with Crippen molar-refractivity contribution in [1.29, 1.82) is 0 Å². The number of ether oxygens (including phenoxy) is 1. The Morgan fingerprint density at radius 1 is 1.29 bits per heavy atom. The molecule has 0 bridgehead atoms. The molecule has 0 N–H and O–H groups in total. The predicted octanol–water partition coefficient (Wildman–Crippen LogP) is 5.42. The van der Waals surface area contributed by atoms with Gasteiger partial charge in [-0.1, -0.05) is 58.2 Å². The average molecular weight is 364 g/mol. The predicted molar refractivity (Wildman–Crippen MR) is 81.1 cm³/mol. The van der Waals surface area contributed by atoms with Crippen LogP contribution in [0.4, 0.5) is 0 Å². The summed E-state index contributed by atoms with van der Waals surface area (Å²) in [6, 6.07) is 8.00. The third-order valence-corrected chi connectivity index (χ3v) is 4.79. The second-order valence-electron chi connectivity index (χ2n) is 4.75. The highest BCUT2D eigenvalue weighted by molar-refractivity contribution is 9.10. The Morgan fingerprint density at radius 3 is 2.65 bits per heavy atom. The van der Waals surface area contributed by atoms with E-state index >= 15 is 0 Å². The standard InChI is InChI=1S/C14H20Br2O/c1-3-7-14(2,11-15)8-9-17-13-6-4-5-12(16)10-13/h4-6,10H,3,7-9,11H2,1-2H3. The van der Waals surface area contributed by atoms with E-state index in [0.717, 1.165) is 28.6 Å². The van der Waals surface area contributed by atoms with Crippen LogP contribution in [0.15, 0.2) is 28.7 Å². The smallest absolute Gasteiger partial charge is 0.120 e. The zero-order valence-corrected chi connectivity index (χ0v) is 13.7. The first kappa shape index (κ1) is 15.0. The van der Waals surface area contributed by atoms with E-state index < -0.39 is 0 Å². The van der Waals surface area contributed by atoms with Gasteiger partial charge in [0.2, 0.25) is 0 Å². The lowest BCUT2D eigenvalue weighted by Crippen LogP contribution is -2.21. The first-order valence-electron chi connectivity index (χ1n) is 6.04. The highest BCUT2D eigenvalue weighted by Crippen LogP contribution is 2.30. The average Bonchev–Trinajstić information content (AvgIpc) is 2.29. The molecule has 0 spiro atoms. The van der Waals surface area contributed by atoms with Gasteiger partial charge in [0.05, 0.1) is 6.61 Å². The Bertz CT molecular complexity index is 341. The third kappa shape index (κ3) is 5.43. The SMILES string of the molecule is CCCC(C)(CBr)CCOc1cccc(Br)c1. The quantitative estimate of drug-likeness (QED) is 0.587. The van der Waals surface area contributed by atoms with Crippen molar-refractivity contribution in [3.05, 3.63) is 28.7 Å². The van der Waals surface area contributed by atoms with E-state index in [9.17, 15) is 0 Å². The Balaban J connectivity index is 2.41. The van der Waals surface area contributed by atoms with Gasteiger partial charge >= 0.3 is 0 Å². The van der Waals surface area contributed by atoms with Crippen LogP contribution in [-0.2, 0) is 0 Å². The zero-order valence-electron chi connectivity index (χ0n) is 10.5. The van der Waals surface area contributed by atoms with Crippen LogP contribution < -0.4 is 4.74 Å². The van der Waals surface area contributed by atoms with E-state index in [1.165, 1.54) is 12.8 Å². The number of hydrogen-bond donors (Lipinski definition) is 0. The minimum absolute atomic E-state index is 0.348. The summed E-state index contributed by atoms with van der Waals surface area (Å²) in [6.07, 6.45) is 3.54. The molecule has 1 unspecified atom stereocenters. The van der Waals surface area contributed by atoms with Gasteiger partial charge in [-0.15, -0.1) is 0 Å². The Morgan fingerprint density at radius 2 is 2.06 bits per heavy atom. The maximum Gasteiger partial charge on any atom is 0.120 e. The summed E-state index contributed by atoms with van der Waals surface area (Å²) >= 11 is 7.05. The molecular formula is C14H20Br2O. The van der Waals surface area contributed by atoms with Gasteiger partial charge in [-0.05, 0) is 36.5 Å². The van der Waals surface area contributed by atoms with Crippen LogP contribution in [0, 0.1) is 5.41 Å². The van der Waals surface area contributed by atoms with Crippen LogP contribution in [-0.4, -0.2) is 11.9 Å². The number of hydrogen-bond acceptors (Lipinski definition) is 1. The molecule has 0 aliphatic carbocycles. The minimum Gasteiger partial charge on any atom is -0.494 e. The maximum absolute atomic E-state index is 5.78. The van der Waals surface area contributed by atoms with Crippen molar-refractivity contribution in [2.45, 2.75) is 33.1 Å². The molecule has 0 aromatic heterocycles. The van der Waals surface area contributed by atoms with Gasteiger partial charge < -0.3 is 4.74 Å². The summed E-state index contributed by atoms with van der Waals surface area (Å²) in [5, 5.41) is 1.04. The Hall–Kier alpha value is -0.0200. The normalized spacial score (nSPS) is 14.4. The fraction of sp³-hybridized carbons (Fsp3) is 0.571. The molecule has 0 amide bonds. The molecule has 0 fully saturated rings. The highest BCUT2D eigenvalue weighted by Gasteiger charge is 2.21. The molecule has 0 aliphatic rings. The van der Waals surface area contributed by atoms with Gasteiger partial charge in [0.25, 0.3) is 0 Å². The van der Waals surface area contributed by atoms with Crippen molar-refractivity contribution in [1.82, 2.24) is 0 Å². The van der Waals surface area contributed by atoms with Gasteiger partial charge in [-0.2, -0.15) is 0 Å². The number of halogens is 2. The summed E-state index contributed by atoms with van der Waals surface area (Å²) in [5.41, 5.74) is 0.348. The highest BCUT2D eigenvalue weighted by atomic mass is 79.9. The summed E-state index contributed by atoms with van der Waals surface area (Å²) < 4.78 is 6.84. The zero-order chi connectivity index (χ0) is 12.7. The largest absolute Gasteiger partial charge is 0.494 e. The molecule has 0 heterocycles.